The van der Waals surface area contributed by atoms with Crippen molar-refractivity contribution < 1.29 is 38.6 Å². The molecular formula is C45H57N7O8S. The van der Waals surface area contributed by atoms with Gasteiger partial charge in [0.15, 0.2) is 0 Å². The summed E-state index contributed by atoms with van der Waals surface area (Å²) in [5.74, 6) is -1.88. The highest BCUT2D eigenvalue weighted by Gasteiger charge is 2.44. The number of likely N-dealkylation sites (tertiary alicyclic amines) is 1. The Kier molecular flexibility index (Phi) is 16.9. The van der Waals surface area contributed by atoms with E-state index in [0.717, 1.165) is 41.0 Å². The Morgan fingerprint density at radius 2 is 1.54 bits per heavy atom. The summed E-state index contributed by atoms with van der Waals surface area (Å²) in [5, 5.41) is 21.8. The minimum atomic E-state index is -0.950. The number of anilines is 3. The largest absolute Gasteiger partial charge is 0.397 e. The van der Waals surface area contributed by atoms with E-state index in [2.05, 4.69) is 26.3 Å². The molecule has 0 aliphatic carbocycles. The number of unbranched alkanes of at least 4 members (excludes halogenated alkanes) is 3. The van der Waals surface area contributed by atoms with Gasteiger partial charge in [-0.3, -0.25) is 24.0 Å². The minimum Gasteiger partial charge on any atom is -0.397 e. The summed E-state index contributed by atoms with van der Waals surface area (Å²) < 4.78 is 11.1. The van der Waals surface area contributed by atoms with Gasteiger partial charge in [-0.2, -0.15) is 0 Å². The average molecular weight is 856 g/mol. The molecule has 0 radical (unpaired) electrons. The van der Waals surface area contributed by atoms with Gasteiger partial charge >= 0.3 is 0 Å². The molecule has 15 nitrogen and oxygen atoms in total. The zero-order valence-electron chi connectivity index (χ0n) is 35.2. The smallest absolute Gasteiger partial charge is 0.255 e. The standard InChI is InChI=1S/C45H57N7O8S/c1-29-40(61-28-48-29)31-15-13-30(14-16-31)24-47-43(57)37-23-34(53)25-52(37)44(58)41(45(2,3)4)51-39(55)27-60-22-10-6-5-9-21-59-26-38(54)49-33-19-17-32(18-20-33)42(56)50-36-12-8-7-11-35(36)46/h7-8,11-20,28,34,37,41,53H,5-6,9-10,21-27,46H2,1-4H3,(H,47,57)(H,49,54)(H,50,56)(H,51,55)/t34-,37+,41-/m1/s1. The molecule has 16 heteroatoms. The van der Waals surface area contributed by atoms with Gasteiger partial charge in [-0.25, -0.2) is 4.98 Å². The third-order valence-electron chi connectivity index (χ3n) is 10.1. The van der Waals surface area contributed by atoms with Gasteiger partial charge in [0.05, 0.1) is 33.6 Å². The van der Waals surface area contributed by atoms with E-state index in [1.165, 1.54) is 4.90 Å². The van der Waals surface area contributed by atoms with Crippen LogP contribution >= 0.6 is 11.3 Å². The molecule has 3 aromatic carbocycles. The van der Waals surface area contributed by atoms with Crippen molar-refractivity contribution in [2.24, 2.45) is 5.41 Å². The number of aliphatic hydroxyl groups excluding tert-OH is 1. The molecule has 0 unspecified atom stereocenters. The molecule has 5 amide bonds. The number of nitrogens with one attached hydrogen (secondary N) is 4. The highest BCUT2D eigenvalue weighted by atomic mass is 32.1. The number of rotatable bonds is 20. The van der Waals surface area contributed by atoms with Crippen LogP contribution in [-0.2, 0) is 35.2 Å². The molecule has 7 N–H and O–H groups in total. The van der Waals surface area contributed by atoms with Crippen LogP contribution in [0.3, 0.4) is 0 Å². The molecular weight excluding hydrogens is 799 g/mol. The van der Waals surface area contributed by atoms with Gasteiger partial charge < -0.3 is 46.5 Å². The highest BCUT2D eigenvalue weighted by Crippen LogP contribution is 2.28. The SMILES string of the molecule is Cc1ncsc1-c1ccc(CNC(=O)[C@@H]2C[C@@H](O)CN2C(=O)[C@@H](NC(=O)COCCCCCCOCC(=O)Nc2ccc(C(=O)Nc3ccccc3N)cc2)C(C)(C)C)cc1. The first-order valence-corrected chi connectivity index (χ1v) is 21.3. The van der Waals surface area contributed by atoms with Crippen molar-refractivity contribution in [3.8, 4) is 10.4 Å². The number of nitrogen functional groups attached to an aromatic ring is 1. The number of aliphatic hydroxyl groups is 1. The molecule has 1 fully saturated rings. The molecule has 2 heterocycles. The molecule has 3 atom stereocenters. The van der Waals surface area contributed by atoms with Crippen molar-refractivity contribution in [3.05, 3.63) is 95.1 Å². The summed E-state index contributed by atoms with van der Waals surface area (Å²) in [6.07, 6.45) is 2.35. The summed E-state index contributed by atoms with van der Waals surface area (Å²) in [5.41, 5.74) is 11.9. The second kappa shape index (κ2) is 22.2. The number of thiazole rings is 1. The third-order valence-corrected chi connectivity index (χ3v) is 11.1. The van der Waals surface area contributed by atoms with E-state index < -0.39 is 35.4 Å². The van der Waals surface area contributed by atoms with E-state index in [0.29, 0.717) is 42.3 Å². The molecule has 1 aliphatic rings. The van der Waals surface area contributed by atoms with Gasteiger partial charge in [-0.1, -0.05) is 70.0 Å². The maximum absolute atomic E-state index is 13.9. The number of amides is 5. The Hall–Kier alpha value is -5.68. The molecule has 61 heavy (non-hydrogen) atoms. The first-order valence-electron chi connectivity index (χ1n) is 20.5. The number of carbonyl (C=O) groups excluding carboxylic acids is 5. The number of hydrogen-bond acceptors (Lipinski definition) is 11. The maximum Gasteiger partial charge on any atom is 0.255 e. The van der Waals surface area contributed by atoms with Crippen LogP contribution in [0.15, 0.2) is 78.3 Å². The predicted molar refractivity (Wildman–Crippen MR) is 236 cm³/mol. The molecule has 0 saturated carbocycles. The lowest BCUT2D eigenvalue weighted by atomic mass is 9.85. The van der Waals surface area contributed by atoms with Gasteiger partial charge in [0.2, 0.25) is 23.6 Å². The number of nitrogens with zero attached hydrogens (tertiary/aromatic N) is 2. The van der Waals surface area contributed by atoms with Crippen LogP contribution in [0.25, 0.3) is 10.4 Å². The molecule has 0 spiro atoms. The van der Waals surface area contributed by atoms with Crippen LogP contribution in [0.1, 0.15) is 74.5 Å². The molecule has 1 aliphatic heterocycles. The fraction of sp³-hybridized carbons (Fsp3) is 0.422. The van der Waals surface area contributed by atoms with E-state index in [9.17, 15) is 29.1 Å². The van der Waals surface area contributed by atoms with E-state index in [4.69, 9.17) is 15.2 Å². The Morgan fingerprint density at radius 1 is 0.885 bits per heavy atom. The van der Waals surface area contributed by atoms with Crippen LogP contribution in [0.5, 0.6) is 0 Å². The number of β-amino-alcohol motifs (C(OH)–C–C–N with tert-alkyl or cyclic N) is 1. The maximum atomic E-state index is 13.9. The monoisotopic (exact) mass is 855 g/mol. The molecule has 326 valence electrons. The first kappa shape index (κ1) is 46.4. The number of carbonyl (C=O) groups is 5. The zero-order chi connectivity index (χ0) is 43.9. The molecule has 1 aromatic heterocycles. The van der Waals surface area contributed by atoms with Gasteiger partial charge in [-0.05, 0) is 72.7 Å². The number of para-hydroxylation sites is 2. The topological polar surface area (TPSA) is 214 Å². The number of aryl methyl sites for hydroxylation is 1. The summed E-state index contributed by atoms with van der Waals surface area (Å²) >= 11 is 1.57. The normalized spacial score (nSPS) is 15.5. The average Bonchev–Trinajstić information content (AvgIpc) is 3.85. The number of ether oxygens (including phenoxy) is 2. The van der Waals surface area contributed by atoms with Gasteiger partial charge in [0.25, 0.3) is 5.91 Å². The van der Waals surface area contributed by atoms with Crippen LogP contribution in [0.2, 0.25) is 0 Å². The van der Waals surface area contributed by atoms with E-state index >= 15 is 0 Å². The summed E-state index contributed by atoms with van der Waals surface area (Å²) in [6, 6.07) is 19.5. The Morgan fingerprint density at radius 3 is 2.16 bits per heavy atom. The fourth-order valence-corrected chi connectivity index (χ4v) is 7.59. The van der Waals surface area contributed by atoms with Crippen LogP contribution in [0.4, 0.5) is 17.1 Å². The van der Waals surface area contributed by atoms with Crippen molar-refractivity contribution in [2.45, 2.75) is 84.5 Å². The van der Waals surface area contributed by atoms with Crippen LogP contribution in [-0.4, -0.2) is 95.7 Å². The fourth-order valence-electron chi connectivity index (χ4n) is 6.78. The van der Waals surface area contributed by atoms with Crippen LogP contribution in [0, 0.1) is 12.3 Å². The van der Waals surface area contributed by atoms with Crippen molar-refractivity contribution in [1.29, 1.82) is 0 Å². The van der Waals surface area contributed by atoms with Crippen molar-refractivity contribution in [3.63, 3.8) is 0 Å². The molecule has 1 saturated heterocycles. The first-order chi connectivity index (χ1) is 29.2. The van der Waals surface area contributed by atoms with E-state index in [-0.39, 0.29) is 50.4 Å². The Bertz CT molecular complexity index is 2100. The lowest BCUT2D eigenvalue weighted by Gasteiger charge is -2.35. The Balaban J connectivity index is 0.945. The minimum absolute atomic E-state index is 0.0129. The highest BCUT2D eigenvalue weighted by molar-refractivity contribution is 7.13. The lowest BCUT2D eigenvalue weighted by Crippen LogP contribution is -2.58. The second-order valence-corrected chi connectivity index (χ2v) is 17.0. The lowest BCUT2D eigenvalue weighted by molar-refractivity contribution is -0.144. The van der Waals surface area contributed by atoms with Crippen molar-refractivity contribution in [1.82, 2.24) is 20.5 Å². The summed E-state index contributed by atoms with van der Waals surface area (Å²) in [6.45, 7) is 8.11. The number of nitrogens with two attached hydrogens (primary N) is 1. The van der Waals surface area contributed by atoms with Gasteiger partial charge in [-0.15, -0.1) is 11.3 Å². The summed E-state index contributed by atoms with van der Waals surface area (Å²) in [7, 11) is 0. The van der Waals surface area contributed by atoms with Crippen molar-refractivity contribution >= 4 is 57.9 Å². The van der Waals surface area contributed by atoms with E-state index in [1.807, 2.05) is 57.5 Å². The van der Waals surface area contributed by atoms with Gasteiger partial charge in [0, 0.05) is 44.0 Å². The molecule has 5 rings (SSSR count). The van der Waals surface area contributed by atoms with Crippen molar-refractivity contribution in [2.75, 3.05) is 49.3 Å². The molecule has 0 bridgehead atoms. The third kappa shape index (κ3) is 13.9. The number of hydrogen-bond donors (Lipinski definition) is 6. The van der Waals surface area contributed by atoms with Gasteiger partial charge in [0.1, 0.15) is 25.3 Å². The Labute approximate surface area is 360 Å². The quantitative estimate of drug-likeness (QED) is 0.0499. The van der Waals surface area contributed by atoms with Crippen LogP contribution < -0.4 is 27.0 Å². The van der Waals surface area contributed by atoms with E-state index in [1.54, 1.807) is 59.9 Å². The number of aromatic nitrogens is 1. The number of benzene rings is 3. The second-order valence-electron chi connectivity index (χ2n) is 16.1. The predicted octanol–water partition coefficient (Wildman–Crippen LogP) is 5.29. The summed E-state index contributed by atoms with van der Waals surface area (Å²) in [4.78, 5) is 71.9. The molecule has 4 aromatic rings. The zero-order valence-corrected chi connectivity index (χ0v) is 36.0.